The number of nitrogens with one attached hydrogen (secondary N) is 1. The van der Waals surface area contributed by atoms with Gasteiger partial charge < -0.3 is 15.0 Å². The van der Waals surface area contributed by atoms with Gasteiger partial charge in [0.15, 0.2) is 0 Å². The van der Waals surface area contributed by atoms with Crippen LogP contribution < -0.4 is 10.2 Å². The van der Waals surface area contributed by atoms with Gasteiger partial charge in [-0.15, -0.1) is 0 Å². The lowest BCUT2D eigenvalue weighted by molar-refractivity contribution is -0.121. The highest BCUT2D eigenvalue weighted by Gasteiger charge is 2.45. The molecule has 0 spiro atoms. The molecule has 4 rings (SSSR count). The number of rotatable bonds is 3. The zero-order valence-corrected chi connectivity index (χ0v) is 13.4. The van der Waals surface area contributed by atoms with Gasteiger partial charge in [0, 0.05) is 31.7 Å². The molecule has 2 aliphatic rings. The SMILES string of the molecule is Cc1cnc(N2CC3CC(C(=O)Nc4cccnc4)C(C2)O3)nc1. The van der Waals surface area contributed by atoms with E-state index in [1.165, 1.54) is 0 Å². The third-order valence-electron chi connectivity index (χ3n) is 4.47. The number of ether oxygens (including phenoxy) is 1. The molecule has 0 aromatic carbocycles. The van der Waals surface area contributed by atoms with Crippen molar-refractivity contribution in [3.63, 3.8) is 0 Å². The first-order valence-corrected chi connectivity index (χ1v) is 8.09. The zero-order valence-electron chi connectivity index (χ0n) is 13.4. The minimum atomic E-state index is -0.161. The maximum absolute atomic E-state index is 12.6. The Hall–Kier alpha value is -2.54. The van der Waals surface area contributed by atoms with Gasteiger partial charge in [-0.3, -0.25) is 9.78 Å². The van der Waals surface area contributed by atoms with Crippen LogP contribution in [0.2, 0.25) is 0 Å². The van der Waals surface area contributed by atoms with Crippen LogP contribution in [0.4, 0.5) is 11.6 Å². The molecule has 124 valence electrons. The van der Waals surface area contributed by atoms with E-state index in [-0.39, 0.29) is 24.0 Å². The Balaban J connectivity index is 1.45. The average molecular weight is 325 g/mol. The molecule has 7 heteroatoms. The van der Waals surface area contributed by atoms with Crippen molar-refractivity contribution >= 4 is 17.5 Å². The monoisotopic (exact) mass is 325 g/mol. The molecule has 2 aromatic rings. The summed E-state index contributed by atoms with van der Waals surface area (Å²) in [5.74, 6) is 0.528. The smallest absolute Gasteiger partial charge is 0.230 e. The second-order valence-electron chi connectivity index (χ2n) is 6.34. The van der Waals surface area contributed by atoms with Crippen LogP contribution in [0.15, 0.2) is 36.9 Å². The number of anilines is 2. The Morgan fingerprint density at radius 1 is 1.29 bits per heavy atom. The highest BCUT2D eigenvalue weighted by molar-refractivity contribution is 5.93. The number of fused-ring (bicyclic) bond motifs is 2. The van der Waals surface area contributed by atoms with Gasteiger partial charge >= 0.3 is 0 Å². The molecular weight excluding hydrogens is 306 g/mol. The molecule has 0 aliphatic carbocycles. The first-order chi connectivity index (χ1) is 11.7. The summed E-state index contributed by atoms with van der Waals surface area (Å²) < 4.78 is 5.97. The van der Waals surface area contributed by atoms with Crippen LogP contribution in [-0.2, 0) is 9.53 Å². The van der Waals surface area contributed by atoms with E-state index in [2.05, 4.69) is 25.2 Å². The fraction of sp³-hybridized carbons (Fsp3) is 0.412. The predicted octanol–water partition coefficient (Wildman–Crippen LogP) is 1.41. The van der Waals surface area contributed by atoms with Crippen molar-refractivity contribution in [3.8, 4) is 0 Å². The molecule has 0 saturated carbocycles. The van der Waals surface area contributed by atoms with Crippen LogP contribution in [-0.4, -0.2) is 46.2 Å². The largest absolute Gasteiger partial charge is 0.370 e. The lowest BCUT2D eigenvalue weighted by Crippen LogP contribution is -2.45. The highest BCUT2D eigenvalue weighted by Crippen LogP contribution is 2.33. The molecule has 2 fully saturated rings. The van der Waals surface area contributed by atoms with Crippen molar-refractivity contribution < 1.29 is 9.53 Å². The fourth-order valence-corrected chi connectivity index (χ4v) is 3.32. The summed E-state index contributed by atoms with van der Waals surface area (Å²) in [5, 5.41) is 2.93. The van der Waals surface area contributed by atoms with Gasteiger partial charge in [-0.25, -0.2) is 9.97 Å². The quantitative estimate of drug-likeness (QED) is 0.919. The second kappa shape index (κ2) is 6.16. The summed E-state index contributed by atoms with van der Waals surface area (Å²) in [7, 11) is 0. The van der Waals surface area contributed by atoms with E-state index < -0.39 is 0 Å². The minimum absolute atomic E-state index is 0.0119. The molecule has 4 heterocycles. The van der Waals surface area contributed by atoms with Crippen LogP contribution in [0.1, 0.15) is 12.0 Å². The van der Waals surface area contributed by atoms with Crippen LogP contribution in [0.25, 0.3) is 0 Å². The van der Waals surface area contributed by atoms with Gasteiger partial charge in [0.05, 0.1) is 30.0 Å². The van der Waals surface area contributed by atoms with Gasteiger partial charge in [0.2, 0.25) is 11.9 Å². The first kappa shape index (κ1) is 15.0. The lowest BCUT2D eigenvalue weighted by atomic mass is 9.99. The van der Waals surface area contributed by atoms with E-state index in [1.807, 2.05) is 25.4 Å². The van der Waals surface area contributed by atoms with Crippen molar-refractivity contribution in [1.82, 2.24) is 15.0 Å². The number of carbonyl (C=O) groups is 1. The summed E-state index contributed by atoms with van der Waals surface area (Å²) in [6.45, 7) is 3.31. The number of aryl methyl sites for hydroxylation is 1. The van der Waals surface area contributed by atoms with Gasteiger partial charge in [0.1, 0.15) is 0 Å². The fourth-order valence-electron chi connectivity index (χ4n) is 3.32. The van der Waals surface area contributed by atoms with Crippen molar-refractivity contribution in [3.05, 3.63) is 42.5 Å². The topological polar surface area (TPSA) is 80.2 Å². The first-order valence-electron chi connectivity index (χ1n) is 8.09. The van der Waals surface area contributed by atoms with E-state index in [9.17, 15) is 4.79 Å². The van der Waals surface area contributed by atoms with E-state index in [0.29, 0.717) is 18.2 Å². The van der Waals surface area contributed by atoms with E-state index in [4.69, 9.17) is 4.74 Å². The van der Waals surface area contributed by atoms with Crippen LogP contribution >= 0.6 is 0 Å². The van der Waals surface area contributed by atoms with Gasteiger partial charge in [-0.1, -0.05) is 0 Å². The zero-order chi connectivity index (χ0) is 16.5. The molecule has 0 radical (unpaired) electrons. The maximum Gasteiger partial charge on any atom is 0.230 e. The van der Waals surface area contributed by atoms with Gasteiger partial charge in [-0.05, 0) is 31.0 Å². The molecule has 3 unspecified atom stereocenters. The molecule has 2 saturated heterocycles. The number of hydrogen-bond donors (Lipinski definition) is 1. The standard InChI is InChI=1S/C17H19N5O2/c1-11-6-19-17(20-7-11)22-9-13-5-14(15(10-22)24-13)16(23)21-12-3-2-4-18-8-12/h2-4,6-8,13-15H,5,9-10H2,1H3,(H,21,23). The molecule has 24 heavy (non-hydrogen) atoms. The molecule has 2 aliphatic heterocycles. The molecule has 1 amide bonds. The highest BCUT2D eigenvalue weighted by atomic mass is 16.5. The Morgan fingerprint density at radius 3 is 2.88 bits per heavy atom. The van der Waals surface area contributed by atoms with E-state index >= 15 is 0 Å². The lowest BCUT2D eigenvalue weighted by Gasteiger charge is -2.32. The maximum atomic E-state index is 12.6. The molecule has 1 N–H and O–H groups in total. The molecule has 7 nitrogen and oxygen atoms in total. The summed E-state index contributed by atoms with van der Waals surface area (Å²) in [6, 6.07) is 3.63. The summed E-state index contributed by atoms with van der Waals surface area (Å²) in [6.07, 6.45) is 7.58. The van der Waals surface area contributed by atoms with Crippen LogP contribution in [0, 0.1) is 12.8 Å². The Bertz CT molecular complexity index is 722. The number of carbonyl (C=O) groups excluding carboxylic acids is 1. The summed E-state index contributed by atoms with van der Waals surface area (Å²) >= 11 is 0. The van der Waals surface area contributed by atoms with E-state index in [1.54, 1.807) is 18.5 Å². The minimum Gasteiger partial charge on any atom is -0.370 e. The molecular formula is C17H19N5O2. The number of pyridine rings is 1. The van der Waals surface area contributed by atoms with E-state index in [0.717, 1.165) is 18.5 Å². The number of aromatic nitrogens is 3. The third kappa shape index (κ3) is 2.94. The van der Waals surface area contributed by atoms with Crippen molar-refractivity contribution in [2.24, 2.45) is 5.92 Å². The molecule has 3 atom stereocenters. The average Bonchev–Trinajstić information content (AvgIpc) is 2.90. The van der Waals surface area contributed by atoms with Crippen molar-refractivity contribution in [2.75, 3.05) is 23.3 Å². The van der Waals surface area contributed by atoms with Gasteiger partial charge in [-0.2, -0.15) is 0 Å². The number of nitrogens with zero attached hydrogens (tertiary/aromatic N) is 4. The number of morpholine rings is 1. The summed E-state index contributed by atoms with van der Waals surface area (Å²) in [5.41, 5.74) is 1.74. The number of hydrogen-bond acceptors (Lipinski definition) is 6. The molecule has 2 aromatic heterocycles. The van der Waals surface area contributed by atoms with Crippen LogP contribution in [0.5, 0.6) is 0 Å². The predicted molar refractivity (Wildman–Crippen MR) is 88.6 cm³/mol. The van der Waals surface area contributed by atoms with Crippen LogP contribution in [0.3, 0.4) is 0 Å². The third-order valence-corrected chi connectivity index (χ3v) is 4.47. The Labute approximate surface area is 140 Å². The molecule has 2 bridgehead atoms. The normalized spacial score (nSPS) is 25.5. The Kier molecular flexibility index (Phi) is 3.86. The second-order valence-corrected chi connectivity index (χ2v) is 6.34. The Morgan fingerprint density at radius 2 is 2.12 bits per heavy atom. The summed E-state index contributed by atoms with van der Waals surface area (Å²) in [4.78, 5) is 27.5. The number of amides is 1. The van der Waals surface area contributed by atoms with Crippen molar-refractivity contribution in [2.45, 2.75) is 25.6 Å². The van der Waals surface area contributed by atoms with Crippen molar-refractivity contribution in [1.29, 1.82) is 0 Å². The van der Waals surface area contributed by atoms with Gasteiger partial charge in [0.25, 0.3) is 0 Å².